The third-order valence-electron chi connectivity index (χ3n) is 3.75. The molecule has 0 aliphatic carbocycles. The second-order valence-electron chi connectivity index (χ2n) is 5.65. The van der Waals surface area contributed by atoms with Gasteiger partial charge in [0.1, 0.15) is 0 Å². The van der Waals surface area contributed by atoms with Gasteiger partial charge in [-0.3, -0.25) is 4.79 Å². The van der Waals surface area contributed by atoms with Gasteiger partial charge in [0.15, 0.2) is 4.34 Å². The third-order valence-corrected chi connectivity index (χ3v) is 6.81. The number of carbonyl (C=O) groups excluding carboxylic acids is 1. The lowest BCUT2D eigenvalue weighted by molar-refractivity contribution is 0.0955. The highest BCUT2D eigenvalue weighted by Gasteiger charge is 2.06. The summed E-state index contributed by atoms with van der Waals surface area (Å²) < 4.78 is 2.26. The largest absolute Gasteiger partial charge is 0.271 e. The van der Waals surface area contributed by atoms with Gasteiger partial charge < -0.3 is 0 Å². The molecule has 2 aromatic heterocycles. The summed E-state index contributed by atoms with van der Waals surface area (Å²) in [6.07, 6.45) is 1.64. The zero-order valence-corrected chi connectivity index (χ0v) is 16.6. The van der Waals surface area contributed by atoms with Crippen LogP contribution in [0.25, 0.3) is 10.2 Å². The van der Waals surface area contributed by atoms with Crippen LogP contribution in [0.3, 0.4) is 0 Å². The molecule has 2 heterocycles. The van der Waals surface area contributed by atoms with Crippen LogP contribution in [-0.2, 0) is 5.75 Å². The third kappa shape index (κ3) is 4.63. The standard InChI is InChI=1S/C20H15N3OS3/c24-19(23-21-12-16-4-3-11-25-16)15-9-7-14(8-10-15)13-26-20-22-17-5-1-2-6-18(17)27-20/h1-12H,13H2,(H,23,24)/b21-12+. The molecule has 4 aromatic rings. The lowest BCUT2D eigenvalue weighted by atomic mass is 10.1. The van der Waals surface area contributed by atoms with Crippen LogP contribution in [0.4, 0.5) is 0 Å². The van der Waals surface area contributed by atoms with Crippen molar-refractivity contribution >= 4 is 56.8 Å². The van der Waals surface area contributed by atoms with Crippen LogP contribution in [0.1, 0.15) is 20.8 Å². The number of nitrogens with zero attached hydrogens (tertiary/aromatic N) is 2. The first-order valence-electron chi connectivity index (χ1n) is 8.22. The maximum Gasteiger partial charge on any atom is 0.271 e. The summed E-state index contributed by atoms with van der Waals surface area (Å²) in [5.74, 6) is 0.603. The Kier molecular flexibility index (Phi) is 5.62. The van der Waals surface area contributed by atoms with Gasteiger partial charge >= 0.3 is 0 Å². The number of benzene rings is 2. The number of carbonyl (C=O) groups is 1. The minimum atomic E-state index is -0.215. The molecule has 4 rings (SSSR count). The molecule has 0 saturated carbocycles. The van der Waals surface area contributed by atoms with E-state index in [0.717, 1.165) is 26.0 Å². The number of rotatable bonds is 6. The number of hydrogen-bond donors (Lipinski definition) is 1. The number of aromatic nitrogens is 1. The second-order valence-corrected chi connectivity index (χ2v) is 8.88. The summed E-state index contributed by atoms with van der Waals surface area (Å²) in [4.78, 5) is 17.8. The summed E-state index contributed by atoms with van der Waals surface area (Å²) in [6, 6.07) is 19.6. The minimum absolute atomic E-state index is 0.215. The zero-order valence-electron chi connectivity index (χ0n) is 14.2. The van der Waals surface area contributed by atoms with Crippen molar-refractivity contribution in [1.82, 2.24) is 10.4 Å². The fourth-order valence-corrected chi connectivity index (χ4v) is 5.00. The first kappa shape index (κ1) is 17.9. The van der Waals surface area contributed by atoms with Gasteiger partial charge in [-0.1, -0.05) is 42.1 Å². The first-order chi connectivity index (χ1) is 13.3. The first-order valence-corrected chi connectivity index (χ1v) is 10.9. The highest BCUT2D eigenvalue weighted by Crippen LogP contribution is 2.31. The molecule has 1 amide bonds. The van der Waals surface area contributed by atoms with Crippen molar-refractivity contribution in [2.24, 2.45) is 5.10 Å². The summed E-state index contributed by atoms with van der Waals surface area (Å²) in [7, 11) is 0. The fourth-order valence-electron chi connectivity index (χ4n) is 2.39. The number of thiophene rings is 1. The second kappa shape index (κ2) is 8.47. The average Bonchev–Trinajstić information content (AvgIpc) is 3.36. The van der Waals surface area contributed by atoms with Crippen molar-refractivity contribution in [3.05, 3.63) is 82.0 Å². The summed E-state index contributed by atoms with van der Waals surface area (Å²) in [5, 5.41) is 5.95. The van der Waals surface area contributed by atoms with Gasteiger partial charge in [-0.15, -0.1) is 22.7 Å². The molecule has 2 aromatic carbocycles. The minimum Gasteiger partial charge on any atom is -0.267 e. The molecular weight excluding hydrogens is 394 g/mol. The number of hydrazone groups is 1. The predicted octanol–water partition coefficient (Wildman–Crippen LogP) is 5.41. The van der Waals surface area contributed by atoms with Gasteiger partial charge in [-0.2, -0.15) is 5.10 Å². The predicted molar refractivity (Wildman–Crippen MR) is 115 cm³/mol. The molecule has 1 N–H and O–H groups in total. The number of thiazole rings is 1. The van der Waals surface area contributed by atoms with E-state index in [-0.39, 0.29) is 5.91 Å². The van der Waals surface area contributed by atoms with Gasteiger partial charge in [0, 0.05) is 16.2 Å². The molecule has 0 bridgehead atoms. The molecule has 7 heteroatoms. The number of amides is 1. The Bertz CT molecular complexity index is 1040. The number of hydrogen-bond acceptors (Lipinski definition) is 6. The lowest BCUT2D eigenvalue weighted by Gasteiger charge is -2.02. The van der Waals surface area contributed by atoms with Crippen molar-refractivity contribution in [1.29, 1.82) is 0 Å². The van der Waals surface area contributed by atoms with Gasteiger partial charge in [0.25, 0.3) is 5.91 Å². The summed E-state index contributed by atoms with van der Waals surface area (Å²) in [6.45, 7) is 0. The Morgan fingerprint density at radius 2 is 1.96 bits per heavy atom. The van der Waals surface area contributed by atoms with Crippen LogP contribution in [0, 0.1) is 0 Å². The van der Waals surface area contributed by atoms with E-state index in [1.165, 1.54) is 4.70 Å². The van der Waals surface area contributed by atoms with E-state index < -0.39 is 0 Å². The fraction of sp³-hybridized carbons (Fsp3) is 0.0500. The molecule has 0 aliphatic heterocycles. The Morgan fingerprint density at radius 1 is 1.11 bits per heavy atom. The van der Waals surface area contributed by atoms with Crippen LogP contribution in [-0.4, -0.2) is 17.1 Å². The lowest BCUT2D eigenvalue weighted by Crippen LogP contribution is -2.17. The molecule has 0 atom stereocenters. The maximum atomic E-state index is 12.1. The topological polar surface area (TPSA) is 54.4 Å². The van der Waals surface area contributed by atoms with Crippen molar-refractivity contribution < 1.29 is 4.79 Å². The van der Waals surface area contributed by atoms with Crippen LogP contribution in [0.2, 0.25) is 0 Å². The maximum absolute atomic E-state index is 12.1. The van der Waals surface area contributed by atoms with E-state index in [9.17, 15) is 4.79 Å². The average molecular weight is 410 g/mol. The molecule has 0 spiro atoms. The molecule has 0 radical (unpaired) electrons. The van der Waals surface area contributed by atoms with Gasteiger partial charge in [0.2, 0.25) is 0 Å². The highest BCUT2D eigenvalue weighted by molar-refractivity contribution is 8.00. The number of thioether (sulfide) groups is 1. The van der Waals surface area contributed by atoms with Crippen LogP contribution >= 0.6 is 34.4 Å². The molecule has 4 nitrogen and oxygen atoms in total. The van der Waals surface area contributed by atoms with Gasteiger partial charge in [-0.05, 0) is 41.3 Å². The van der Waals surface area contributed by atoms with E-state index in [1.807, 2.05) is 60.0 Å². The van der Waals surface area contributed by atoms with Crippen molar-refractivity contribution in [3.63, 3.8) is 0 Å². The summed E-state index contributed by atoms with van der Waals surface area (Å²) >= 11 is 4.99. The molecular formula is C20H15N3OS3. The van der Waals surface area contributed by atoms with E-state index >= 15 is 0 Å². The Balaban J connectivity index is 1.33. The van der Waals surface area contributed by atoms with Crippen molar-refractivity contribution in [2.75, 3.05) is 0 Å². The van der Waals surface area contributed by atoms with E-state index in [4.69, 9.17) is 0 Å². The van der Waals surface area contributed by atoms with Gasteiger partial charge in [-0.25, -0.2) is 10.4 Å². The molecule has 0 aliphatic rings. The normalized spacial score (nSPS) is 11.3. The zero-order chi connectivity index (χ0) is 18.5. The van der Waals surface area contributed by atoms with Crippen molar-refractivity contribution in [3.8, 4) is 0 Å². The highest BCUT2D eigenvalue weighted by atomic mass is 32.2. The van der Waals surface area contributed by atoms with E-state index in [0.29, 0.717) is 5.56 Å². The molecule has 27 heavy (non-hydrogen) atoms. The van der Waals surface area contributed by atoms with Crippen molar-refractivity contribution in [2.45, 2.75) is 10.1 Å². The molecule has 134 valence electrons. The Morgan fingerprint density at radius 3 is 2.74 bits per heavy atom. The number of fused-ring (bicyclic) bond motifs is 1. The quantitative estimate of drug-likeness (QED) is 0.263. The molecule has 0 saturated heterocycles. The number of para-hydroxylation sites is 1. The molecule has 0 fully saturated rings. The smallest absolute Gasteiger partial charge is 0.267 e. The number of nitrogens with one attached hydrogen (secondary N) is 1. The van der Waals surface area contributed by atoms with Crippen LogP contribution in [0.5, 0.6) is 0 Å². The SMILES string of the molecule is O=C(N/N=C/c1cccs1)c1ccc(CSc2nc3ccccc3s2)cc1. The Hall–Kier alpha value is -2.48. The molecule has 0 unspecified atom stereocenters. The van der Waals surface area contributed by atoms with E-state index in [2.05, 4.69) is 21.6 Å². The summed E-state index contributed by atoms with van der Waals surface area (Å²) in [5.41, 5.74) is 5.34. The van der Waals surface area contributed by atoms with Crippen LogP contribution in [0.15, 0.2) is 75.5 Å². The van der Waals surface area contributed by atoms with E-state index in [1.54, 1.807) is 40.7 Å². The Labute approximate surface area is 169 Å². The monoisotopic (exact) mass is 409 g/mol. The van der Waals surface area contributed by atoms with Crippen LogP contribution < -0.4 is 5.43 Å². The van der Waals surface area contributed by atoms with Gasteiger partial charge in [0.05, 0.1) is 16.4 Å².